The number of pyridine rings is 1. The number of rotatable bonds is 6. The van der Waals surface area contributed by atoms with Gasteiger partial charge in [-0.2, -0.15) is 0 Å². The zero-order valence-electron chi connectivity index (χ0n) is 11.2. The number of hydrogen-bond donors (Lipinski definition) is 0. The predicted octanol–water partition coefficient (Wildman–Crippen LogP) is 3.92. The van der Waals surface area contributed by atoms with Crippen LogP contribution in [0.2, 0.25) is 0 Å². The first-order valence-electron chi connectivity index (χ1n) is 5.96. The van der Waals surface area contributed by atoms with E-state index >= 15 is 0 Å². The summed E-state index contributed by atoms with van der Waals surface area (Å²) in [6, 6.07) is 1.02. The monoisotopic (exact) mass is 391 g/mol. The van der Waals surface area contributed by atoms with Crippen molar-refractivity contribution in [3.63, 3.8) is 0 Å². The third kappa shape index (κ3) is 5.39. The van der Waals surface area contributed by atoms with Gasteiger partial charge in [0.25, 0.3) is 6.43 Å². The maximum atomic E-state index is 12.9. The van der Waals surface area contributed by atoms with Crippen LogP contribution in [-0.4, -0.2) is 23.9 Å². The minimum Gasteiger partial charge on any atom is -0.466 e. The third-order valence-electron chi connectivity index (χ3n) is 2.38. The number of carbonyl (C=O) groups is 1. The van der Waals surface area contributed by atoms with E-state index in [0.29, 0.717) is 0 Å². The van der Waals surface area contributed by atoms with Crippen LogP contribution in [0.15, 0.2) is 6.07 Å². The number of hydrogen-bond acceptors (Lipinski definition) is 4. The van der Waals surface area contributed by atoms with E-state index in [4.69, 9.17) is 0 Å². The normalized spacial score (nSPS) is 11.6. The second-order valence-corrected chi connectivity index (χ2v) is 4.52. The van der Waals surface area contributed by atoms with Gasteiger partial charge in [0, 0.05) is 10.9 Å². The summed E-state index contributed by atoms with van der Waals surface area (Å²) in [4.78, 5) is 14.6. The maximum absolute atomic E-state index is 12.9. The zero-order valence-corrected chi connectivity index (χ0v) is 12.8. The van der Waals surface area contributed by atoms with Crippen molar-refractivity contribution in [1.82, 2.24) is 4.98 Å². The molecule has 0 spiro atoms. The van der Waals surface area contributed by atoms with Crippen molar-refractivity contribution in [2.24, 2.45) is 0 Å². The average Bonchev–Trinajstić information content (AvgIpc) is 2.38. The molecule has 0 saturated carbocycles. The molecule has 0 aliphatic carbocycles. The van der Waals surface area contributed by atoms with Gasteiger partial charge >= 0.3 is 12.3 Å². The standard InChI is InChI=1S/C12H11BrF5NO3/c1-2-21-8(20)4-6-3-7(5-13)11(22-12(16,17)18)19-9(6)10(14)15/h3,10H,2,4-5H2,1H3. The molecule has 0 fully saturated rings. The molecule has 0 unspecified atom stereocenters. The maximum Gasteiger partial charge on any atom is 0.574 e. The van der Waals surface area contributed by atoms with Gasteiger partial charge in [0.2, 0.25) is 5.88 Å². The van der Waals surface area contributed by atoms with Crippen molar-refractivity contribution >= 4 is 21.9 Å². The highest BCUT2D eigenvalue weighted by atomic mass is 79.9. The van der Waals surface area contributed by atoms with Gasteiger partial charge in [0.05, 0.1) is 13.0 Å². The molecule has 0 radical (unpaired) electrons. The van der Waals surface area contributed by atoms with Crippen molar-refractivity contribution < 1.29 is 36.2 Å². The molecular weight excluding hydrogens is 381 g/mol. The molecule has 0 N–H and O–H groups in total. The number of aromatic nitrogens is 1. The van der Waals surface area contributed by atoms with E-state index in [2.05, 4.69) is 30.4 Å². The first-order chi connectivity index (χ1) is 10.2. The third-order valence-corrected chi connectivity index (χ3v) is 2.98. The lowest BCUT2D eigenvalue weighted by Crippen LogP contribution is -2.20. The van der Waals surface area contributed by atoms with Crippen molar-refractivity contribution in [3.8, 4) is 5.88 Å². The number of nitrogens with zero attached hydrogens (tertiary/aromatic N) is 1. The molecular formula is C12H11BrF5NO3. The van der Waals surface area contributed by atoms with Crippen LogP contribution in [0, 0.1) is 0 Å². The number of carbonyl (C=O) groups excluding carboxylic acids is 1. The van der Waals surface area contributed by atoms with Crippen molar-refractivity contribution in [3.05, 3.63) is 22.9 Å². The topological polar surface area (TPSA) is 48.4 Å². The summed E-state index contributed by atoms with van der Waals surface area (Å²) < 4.78 is 70.9. The van der Waals surface area contributed by atoms with Crippen LogP contribution < -0.4 is 4.74 Å². The molecule has 0 aliphatic heterocycles. The predicted molar refractivity (Wildman–Crippen MR) is 68.8 cm³/mol. The molecule has 22 heavy (non-hydrogen) atoms. The molecule has 1 rings (SSSR count). The van der Waals surface area contributed by atoms with Gasteiger partial charge in [-0.3, -0.25) is 4.79 Å². The Bertz CT molecular complexity index is 536. The lowest BCUT2D eigenvalue weighted by molar-refractivity contribution is -0.276. The van der Waals surface area contributed by atoms with Crippen LogP contribution in [0.3, 0.4) is 0 Å². The SMILES string of the molecule is CCOC(=O)Cc1cc(CBr)c(OC(F)(F)F)nc1C(F)F. The molecule has 0 amide bonds. The molecule has 124 valence electrons. The van der Waals surface area contributed by atoms with Crippen LogP contribution in [0.1, 0.15) is 30.2 Å². The second-order valence-electron chi connectivity index (χ2n) is 3.96. The van der Waals surface area contributed by atoms with Crippen LogP contribution in [0.5, 0.6) is 5.88 Å². The Morgan fingerprint density at radius 1 is 1.36 bits per heavy atom. The number of halogens is 6. The molecule has 1 aromatic rings. The van der Waals surface area contributed by atoms with E-state index in [1.807, 2.05) is 0 Å². The van der Waals surface area contributed by atoms with Crippen molar-refractivity contribution in [1.29, 1.82) is 0 Å². The molecule has 0 atom stereocenters. The molecule has 0 bridgehead atoms. The Kier molecular flexibility index (Phi) is 6.51. The van der Waals surface area contributed by atoms with Crippen LogP contribution in [0.4, 0.5) is 22.0 Å². The van der Waals surface area contributed by atoms with Gasteiger partial charge < -0.3 is 9.47 Å². The number of alkyl halides is 6. The fraction of sp³-hybridized carbons (Fsp3) is 0.500. The van der Waals surface area contributed by atoms with Crippen molar-refractivity contribution in [2.45, 2.75) is 31.5 Å². The minimum absolute atomic E-state index is 0.0524. The van der Waals surface area contributed by atoms with Crippen LogP contribution in [0.25, 0.3) is 0 Å². The first kappa shape index (κ1) is 18.6. The average molecular weight is 392 g/mol. The van der Waals surface area contributed by atoms with Gasteiger partial charge in [-0.15, -0.1) is 13.2 Å². The van der Waals surface area contributed by atoms with Gasteiger partial charge in [-0.25, -0.2) is 13.8 Å². The molecule has 0 aliphatic rings. The number of esters is 1. The van der Waals surface area contributed by atoms with E-state index in [9.17, 15) is 26.7 Å². The Morgan fingerprint density at radius 2 is 2.00 bits per heavy atom. The van der Waals surface area contributed by atoms with E-state index in [1.54, 1.807) is 0 Å². The molecule has 0 saturated heterocycles. The smallest absolute Gasteiger partial charge is 0.466 e. The Labute approximate surface area is 130 Å². The molecule has 1 aromatic heterocycles. The molecule has 4 nitrogen and oxygen atoms in total. The summed E-state index contributed by atoms with van der Waals surface area (Å²) in [5, 5.41) is -0.120. The van der Waals surface area contributed by atoms with Gasteiger partial charge in [-0.05, 0) is 18.6 Å². The van der Waals surface area contributed by atoms with E-state index in [1.165, 1.54) is 6.92 Å². The van der Waals surface area contributed by atoms with Crippen LogP contribution in [-0.2, 0) is 21.3 Å². The van der Waals surface area contributed by atoms with Gasteiger partial charge in [0.15, 0.2) is 0 Å². The van der Waals surface area contributed by atoms with Gasteiger partial charge in [0.1, 0.15) is 5.69 Å². The summed E-state index contributed by atoms with van der Waals surface area (Å²) in [6.07, 6.45) is -8.75. The van der Waals surface area contributed by atoms with E-state index in [0.717, 1.165) is 6.07 Å². The minimum atomic E-state index is -5.06. The summed E-state index contributed by atoms with van der Waals surface area (Å²) >= 11 is 2.92. The summed E-state index contributed by atoms with van der Waals surface area (Å²) in [7, 11) is 0. The summed E-state index contributed by atoms with van der Waals surface area (Å²) in [5.41, 5.74) is -1.27. The second kappa shape index (κ2) is 7.70. The van der Waals surface area contributed by atoms with E-state index < -0.39 is 36.8 Å². The highest BCUT2D eigenvalue weighted by molar-refractivity contribution is 9.08. The Hall–Kier alpha value is -1.45. The molecule has 1 heterocycles. The van der Waals surface area contributed by atoms with Crippen LogP contribution >= 0.6 is 15.9 Å². The Morgan fingerprint density at radius 3 is 2.45 bits per heavy atom. The fourth-order valence-corrected chi connectivity index (χ4v) is 1.99. The zero-order chi connectivity index (χ0) is 16.9. The quantitative estimate of drug-likeness (QED) is 0.419. The summed E-state index contributed by atoms with van der Waals surface area (Å²) in [5.74, 6) is -1.76. The molecule has 10 heteroatoms. The lowest BCUT2D eigenvalue weighted by atomic mass is 10.1. The largest absolute Gasteiger partial charge is 0.574 e. The fourth-order valence-electron chi connectivity index (χ4n) is 1.59. The van der Waals surface area contributed by atoms with E-state index in [-0.39, 0.29) is 23.1 Å². The lowest BCUT2D eigenvalue weighted by Gasteiger charge is -2.15. The first-order valence-corrected chi connectivity index (χ1v) is 7.08. The van der Waals surface area contributed by atoms with Crippen molar-refractivity contribution in [2.75, 3.05) is 6.61 Å². The highest BCUT2D eigenvalue weighted by Crippen LogP contribution is 2.31. The number of ether oxygens (including phenoxy) is 2. The highest BCUT2D eigenvalue weighted by Gasteiger charge is 2.34. The molecule has 0 aromatic carbocycles. The summed E-state index contributed by atoms with van der Waals surface area (Å²) in [6.45, 7) is 1.59. The van der Waals surface area contributed by atoms with Gasteiger partial charge in [-0.1, -0.05) is 15.9 Å². The Balaban J connectivity index is 3.24.